The van der Waals surface area contributed by atoms with Crippen LogP contribution in [0.15, 0.2) is 22.7 Å². The minimum Gasteiger partial charge on any atom is -0.507 e. The average molecular weight is 230 g/mol. The van der Waals surface area contributed by atoms with Crippen molar-refractivity contribution in [2.45, 2.75) is 0 Å². The Hall–Kier alpha value is -0.870. The van der Waals surface area contributed by atoms with E-state index >= 15 is 0 Å². The summed E-state index contributed by atoms with van der Waals surface area (Å²) in [5.41, 5.74) is 5.40. The third-order valence-corrected chi connectivity index (χ3v) is 1.94. The van der Waals surface area contributed by atoms with Crippen molar-refractivity contribution in [1.82, 2.24) is 0 Å². The van der Waals surface area contributed by atoms with E-state index in [9.17, 15) is 9.90 Å². The molecule has 0 spiro atoms. The van der Waals surface area contributed by atoms with Crippen LogP contribution in [0.1, 0.15) is 10.4 Å². The van der Waals surface area contributed by atoms with Gasteiger partial charge in [-0.15, -0.1) is 0 Å². The van der Waals surface area contributed by atoms with E-state index < -0.39 is 0 Å². The van der Waals surface area contributed by atoms with Crippen molar-refractivity contribution in [2.75, 3.05) is 6.54 Å². The zero-order valence-electron chi connectivity index (χ0n) is 6.25. The second kappa shape index (κ2) is 3.69. The molecule has 0 atom stereocenters. The van der Waals surface area contributed by atoms with Crippen molar-refractivity contribution >= 4 is 21.7 Å². The quantitative estimate of drug-likeness (QED) is 0.752. The van der Waals surface area contributed by atoms with E-state index in [4.69, 9.17) is 5.73 Å². The minimum absolute atomic E-state index is 0.0337. The lowest BCUT2D eigenvalue weighted by atomic mass is 10.1. The van der Waals surface area contributed by atoms with Crippen molar-refractivity contribution < 1.29 is 9.90 Å². The van der Waals surface area contributed by atoms with Crippen LogP contribution in [-0.2, 0) is 0 Å². The number of hydrogen-bond acceptors (Lipinski definition) is 3. The molecule has 0 amide bonds. The number of Topliss-reactive ketones (excluding diaryl/α,β-unsaturated/α-hetero) is 1. The predicted molar refractivity (Wildman–Crippen MR) is 49.2 cm³/mol. The summed E-state index contributed by atoms with van der Waals surface area (Å²) in [6.45, 7) is -0.0932. The highest BCUT2D eigenvalue weighted by Crippen LogP contribution is 2.21. The zero-order chi connectivity index (χ0) is 9.14. The Bertz CT molecular complexity index is 312. The third kappa shape index (κ3) is 1.84. The van der Waals surface area contributed by atoms with Crippen LogP contribution in [0.25, 0.3) is 0 Å². The van der Waals surface area contributed by atoms with Crippen LogP contribution in [0.3, 0.4) is 0 Å². The highest BCUT2D eigenvalue weighted by Gasteiger charge is 2.08. The third-order valence-electron chi connectivity index (χ3n) is 1.44. The number of halogens is 1. The number of ketones is 1. The molecule has 1 rings (SSSR count). The largest absolute Gasteiger partial charge is 0.507 e. The van der Waals surface area contributed by atoms with E-state index in [1.54, 1.807) is 12.1 Å². The monoisotopic (exact) mass is 229 g/mol. The van der Waals surface area contributed by atoms with Crippen molar-refractivity contribution in [2.24, 2.45) is 5.73 Å². The molecule has 0 fully saturated rings. The van der Waals surface area contributed by atoms with E-state index in [-0.39, 0.29) is 23.6 Å². The summed E-state index contributed by atoms with van der Waals surface area (Å²) < 4.78 is 0.747. The molecule has 0 radical (unpaired) electrons. The first-order valence-electron chi connectivity index (χ1n) is 3.37. The molecule has 64 valence electrons. The Morgan fingerprint density at radius 2 is 2.25 bits per heavy atom. The molecule has 0 heterocycles. The lowest BCUT2D eigenvalue weighted by Gasteiger charge is -2.01. The molecular weight excluding hydrogens is 222 g/mol. The summed E-state index contributed by atoms with van der Waals surface area (Å²) in [6, 6.07) is 4.65. The van der Waals surface area contributed by atoms with Crippen LogP contribution in [0.5, 0.6) is 5.75 Å². The standard InChI is InChI=1S/C8H8BrNO2/c9-5-1-2-7(11)6(3-5)8(12)4-10/h1-3,11H,4,10H2. The van der Waals surface area contributed by atoms with E-state index in [1.807, 2.05) is 0 Å². The molecule has 0 aromatic heterocycles. The number of phenols is 1. The van der Waals surface area contributed by atoms with Crippen LogP contribution in [0.2, 0.25) is 0 Å². The average Bonchev–Trinajstić information content (AvgIpc) is 2.08. The molecule has 12 heavy (non-hydrogen) atoms. The number of phenolic OH excluding ortho intramolecular Hbond substituents is 1. The summed E-state index contributed by atoms with van der Waals surface area (Å²) in [6.07, 6.45) is 0. The molecule has 3 N–H and O–H groups in total. The molecule has 1 aromatic carbocycles. The number of carbonyl (C=O) groups excluding carboxylic acids is 1. The van der Waals surface area contributed by atoms with Gasteiger partial charge < -0.3 is 10.8 Å². The highest BCUT2D eigenvalue weighted by atomic mass is 79.9. The fraction of sp³-hybridized carbons (Fsp3) is 0.125. The van der Waals surface area contributed by atoms with Crippen LogP contribution < -0.4 is 5.73 Å². The van der Waals surface area contributed by atoms with E-state index in [0.29, 0.717) is 0 Å². The maximum Gasteiger partial charge on any atom is 0.180 e. The SMILES string of the molecule is NCC(=O)c1cc(Br)ccc1O. The molecule has 1 aromatic rings. The second-order valence-electron chi connectivity index (χ2n) is 2.29. The summed E-state index contributed by atoms with van der Waals surface area (Å²) >= 11 is 3.19. The lowest BCUT2D eigenvalue weighted by molar-refractivity contribution is 0.0999. The number of aromatic hydroxyl groups is 1. The molecule has 0 saturated heterocycles. The van der Waals surface area contributed by atoms with Gasteiger partial charge in [0.2, 0.25) is 0 Å². The number of rotatable bonds is 2. The molecule has 0 unspecified atom stereocenters. The number of hydrogen-bond donors (Lipinski definition) is 2. The number of benzene rings is 1. The van der Waals surface area contributed by atoms with Crippen molar-refractivity contribution in [1.29, 1.82) is 0 Å². The second-order valence-corrected chi connectivity index (χ2v) is 3.20. The van der Waals surface area contributed by atoms with E-state index in [0.717, 1.165) is 4.47 Å². The van der Waals surface area contributed by atoms with E-state index in [2.05, 4.69) is 15.9 Å². The van der Waals surface area contributed by atoms with Crippen molar-refractivity contribution in [3.63, 3.8) is 0 Å². The molecule has 3 nitrogen and oxygen atoms in total. The highest BCUT2D eigenvalue weighted by molar-refractivity contribution is 9.10. The molecule has 4 heteroatoms. The maximum absolute atomic E-state index is 11.1. The van der Waals surface area contributed by atoms with Gasteiger partial charge in [-0.25, -0.2) is 0 Å². The Kier molecular flexibility index (Phi) is 2.83. The van der Waals surface area contributed by atoms with Gasteiger partial charge in [0, 0.05) is 4.47 Å². The molecule has 0 saturated carbocycles. The fourth-order valence-electron chi connectivity index (χ4n) is 0.842. The van der Waals surface area contributed by atoms with E-state index in [1.165, 1.54) is 6.07 Å². The fourth-order valence-corrected chi connectivity index (χ4v) is 1.20. The normalized spacial score (nSPS) is 9.83. The van der Waals surface area contributed by atoms with Gasteiger partial charge >= 0.3 is 0 Å². The molecule has 0 aliphatic carbocycles. The Balaban J connectivity index is 3.13. The van der Waals surface area contributed by atoms with Gasteiger partial charge in [-0.3, -0.25) is 4.79 Å². The van der Waals surface area contributed by atoms with Crippen molar-refractivity contribution in [3.05, 3.63) is 28.2 Å². The Labute approximate surface area is 78.3 Å². The minimum atomic E-state index is -0.270. The van der Waals surface area contributed by atoms with Gasteiger partial charge in [-0.1, -0.05) is 15.9 Å². The first-order valence-corrected chi connectivity index (χ1v) is 4.16. The zero-order valence-corrected chi connectivity index (χ0v) is 7.84. The van der Waals surface area contributed by atoms with Gasteiger partial charge in [-0.2, -0.15) is 0 Å². The topological polar surface area (TPSA) is 63.3 Å². The van der Waals surface area contributed by atoms with Gasteiger partial charge in [0.25, 0.3) is 0 Å². The van der Waals surface area contributed by atoms with Gasteiger partial charge in [-0.05, 0) is 18.2 Å². The van der Waals surface area contributed by atoms with Gasteiger partial charge in [0.15, 0.2) is 5.78 Å². The summed E-state index contributed by atoms with van der Waals surface area (Å²) in [4.78, 5) is 11.1. The van der Waals surface area contributed by atoms with Crippen LogP contribution in [-0.4, -0.2) is 17.4 Å². The first kappa shape index (κ1) is 9.22. The van der Waals surface area contributed by atoms with Crippen LogP contribution >= 0.6 is 15.9 Å². The predicted octanol–water partition coefficient (Wildman–Crippen LogP) is 1.30. The molecule has 0 aliphatic rings. The molecular formula is C8H8BrNO2. The summed E-state index contributed by atoms with van der Waals surface area (Å²) in [7, 11) is 0. The first-order chi connectivity index (χ1) is 5.65. The summed E-state index contributed by atoms with van der Waals surface area (Å²) in [5.74, 6) is -0.303. The Morgan fingerprint density at radius 3 is 2.83 bits per heavy atom. The van der Waals surface area contributed by atoms with Gasteiger partial charge in [0.05, 0.1) is 12.1 Å². The number of carbonyl (C=O) groups is 1. The van der Waals surface area contributed by atoms with Gasteiger partial charge in [0.1, 0.15) is 5.75 Å². The van der Waals surface area contributed by atoms with Crippen LogP contribution in [0, 0.1) is 0 Å². The molecule has 0 aliphatic heterocycles. The molecule has 0 bridgehead atoms. The summed E-state index contributed by atoms with van der Waals surface area (Å²) in [5, 5.41) is 9.24. The van der Waals surface area contributed by atoms with Crippen LogP contribution in [0.4, 0.5) is 0 Å². The smallest absolute Gasteiger partial charge is 0.180 e. The number of nitrogens with two attached hydrogens (primary N) is 1. The Morgan fingerprint density at radius 1 is 1.58 bits per heavy atom. The van der Waals surface area contributed by atoms with Crippen molar-refractivity contribution in [3.8, 4) is 5.75 Å². The maximum atomic E-state index is 11.1. The lowest BCUT2D eigenvalue weighted by Crippen LogP contribution is -2.13.